The lowest BCUT2D eigenvalue weighted by Crippen LogP contribution is -2.23. The van der Waals surface area contributed by atoms with E-state index < -0.39 is 5.60 Å². The lowest BCUT2D eigenvalue weighted by molar-refractivity contribution is 0.107. The summed E-state index contributed by atoms with van der Waals surface area (Å²) in [5, 5.41) is 12.9. The molecule has 92 valence electrons. The normalized spacial score (nSPS) is 12.0. The summed E-state index contributed by atoms with van der Waals surface area (Å²) in [5.74, 6) is 1.83. The summed E-state index contributed by atoms with van der Waals surface area (Å²) in [6, 6.07) is 2.12. The SMILES string of the molecule is Cn1ccc(CNCCSCC(C)(C)O)c1. The number of nitrogens with zero attached hydrogens (tertiary/aromatic N) is 1. The van der Waals surface area contributed by atoms with Crippen LogP contribution in [0.4, 0.5) is 0 Å². The van der Waals surface area contributed by atoms with Crippen molar-refractivity contribution in [1.29, 1.82) is 0 Å². The van der Waals surface area contributed by atoms with Crippen molar-refractivity contribution in [2.45, 2.75) is 26.0 Å². The fourth-order valence-corrected chi connectivity index (χ4v) is 2.30. The summed E-state index contributed by atoms with van der Waals surface area (Å²) in [6.07, 6.45) is 4.18. The van der Waals surface area contributed by atoms with E-state index in [2.05, 4.69) is 28.3 Å². The Kier molecular flexibility index (Phi) is 5.38. The molecule has 0 radical (unpaired) electrons. The molecular formula is C12H22N2OS. The minimum Gasteiger partial charge on any atom is -0.390 e. The number of rotatable bonds is 7. The van der Waals surface area contributed by atoms with Crippen LogP contribution in [0.2, 0.25) is 0 Å². The van der Waals surface area contributed by atoms with Gasteiger partial charge in [0.2, 0.25) is 0 Å². The molecule has 0 fully saturated rings. The highest BCUT2D eigenvalue weighted by molar-refractivity contribution is 7.99. The second-order valence-corrected chi connectivity index (χ2v) is 5.83. The number of hydrogen-bond donors (Lipinski definition) is 2. The zero-order chi connectivity index (χ0) is 12.0. The van der Waals surface area contributed by atoms with Gasteiger partial charge in [-0.15, -0.1) is 0 Å². The molecule has 0 aromatic carbocycles. The molecule has 0 aliphatic heterocycles. The first-order chi connectivity index (χ1) is 7.47. The average Bonchev–Trinajstić information content (AvgIpc) is 2.56. The second kappa shape index (κ2) is 6.33. The third kappa shape index (κ3) is 6.20. The Morgan fingerprint density at radius 3 is 2.81 bits per heavy atom. The van der Waals surface area contributed by atoms with Crippen LogP contribution in [0.1, 0.15) is 19.4 Å². The largest absolute Gasteiger partial charge is 0.390 e. The first-order valence-electron chi connectivity index (χ1n) is 5.59. The number of hydrogen-bond acceptors (Lipinski definition) is 3. The minimum absolute atomic E-state index is 0.551. The molecule has 0 aliphatic rings. The summed E-state index contributed by atoms with van der Waals surface area (Å²) in [7, 11) is 2.03. The highest BCUT2D eigenvalue weighted by Crippen LogP contribution is 2.10. The lowest BCUT2D eigenvalue weighted by Gasteiger charge is -2.15. The summed E-state index contributed by atoms with van der Waals surface area (Å²) in [4.78, 5) is 0. The smallest absolute Gasteiger partial charge is 0.0681 e. The van der Waals surface area contributed by atoms with Gasteiger partial charge in [0.25, 0.3) is 0 Å². The van der Waals surface area contributed by atoms with Crippen LogP contribution in [0.3, 0.4) is 0 Å². The number of aliphatic hydroxyl groups is 1. The molecule has 0 saturated heterocycles. The number of nitrogens with one attached hydrogen (secondary N) is 1. The molecule has 0 unspecified atom stereocenters. The van der Waals surface area contributed by atoms with Crippen molar-refractivity contribution in [2.24, 2.45) is 7.05 Å². The van der Waals surface area contributed by atoms with Crippen molar-refractivity contribution >= 4 is 11.8 Å². The molecule has 0 atom stereocenters. The second-order valence-electron chi connectivity index (χ2n) is 4.73. The van der Waals surface area contributed by atoms with E-state index in [4.69, 9.17) is 0 Å². The van der Waals surface area contributed by atoms with E-state index in [1.54, 1.807) is 11.8 Å². The monoisotopic (exact) mass is 242 g/mol. The molecular weight excluding hydrogens is 220 g/mol. The van der Waals surface area contributed by atoms with E-state index >= 15 is 0 Å². The Labute approximate surface area is 102 Å². The highest BCUT2D eigenvalue weighted by Gasteiger charge is 2.11. The molecule has 0 bridgehead atoms. The molecule has 2 N–H and O–H groups in total. The highest BCUT2D eigenvalue weighted by atomic mass is 32.2. The number of aryl methyl sites for hydroxylation is 1. The predicted octanol–water partition coefficient (Wildman–Crippen LogP) is 1.62. The van der Waals surface area contributed by atoms with Crippen LogP contribution in [0, 0.1) is 0 Å². The van der Waals surface area contributed by atoms with Crippen molar-refractivity contribution in [1.82, 2.24) is 9.88 Å². The van der Waals surface area contributed by atoms with Crippen LogP contribution in [0.5, 0.6) is 0 Å². The van der Waals surface area contributed by atoms with Gasteiger partial charge in [0, 0.05) is 44.0 Å². The van der Waals surface area contributed by atoms with Crippen molar-refractivity contribution in [3.05, 3.63) is 24.0 Å². The Balaban J connectivity index is 2.00. The van der Waals surface area contributed by atoms with Gasteiger partial charge in [0.05, 0.1) is 5.60 Å². The Bertz CT molecular complexity index is 304. The summed E-state index contributed by atoms with van der Waals surface area (Å²) < 4.78 is 2.06. The quantitative estimate of drug-likeness (QED) is 0.714. The molecule has 1 aromatic rings. The third-order valence-electron chi connectivity index (χ3n) is 2.10. The predicted molar refractivity (Wildman–Crippen MR) is 70.7 cm³/mol. The maximum Gasteiger partial charge on any atom is 0.0681 e. The van der Waals surface area contributed by atoms with Gasteiger partial charge in [-0.2, -0.15) is 11.8 Å². The fraction of sp³-hybridized carbons (Fsp3) is 0.667. The van der Waals surface area contributed by atoms with Crippen LogP contribution < -0.4 is 5.32 Å². The van der Waals surface area contributed by atoms with E-state index in [-0.39, 0.29) is 0 Å². The molecule has 0 spiro atoms. The molecule has 0 saturated carbocycles. The van der Waals surface area contributed by atoms with Crippen molar-refractivity contribution < 1.29 is 5.11 Å². The minimum atomic E-state index is -0.551. The Hall–Kier alpha value is -0.450. The maximum atomic E-state index is 9.51. The van der Waals surface area contributed by atoms with Crippen molar-refractivity contribution in [3.63, 3.8) is 0 Å². The summed E-state index contributed by atoms with van der Waals surface area (Å²) in [5.41, 5.74) is 0.763. The molecule has 16 heavy (non-hydrogen) atoms. The maximum absolute atomic E-state index is 9.51. The van der Waals surface area contributed by atoms with Crippen LogP contribution >= 0.6 is 11.8 Å². The van der Waals surface area contributed by atoms with Crippen LogP contribution in [-0.2, 0) is 13.6 Å². The van der Waals surface area contributed by atoms with Gasteiger partial charge >= 0.3 is 0 Å². The van der Waals surface area contributed by atoms with Gasteiger partial charge in [0.1, 0.15) is 0 Å². The first kappa shape index (κ1) is 13.6. The number of thioether (sulfide) groups is 1. The van der Waals surface area contributed by atoms with E-state index in [9.17, 15) is 5.11 Å². The molecule has 1 heterocycles. The molecule has 4 heteroatoms. The van der Waals surface area contributed by atoms with Crippen molar-refractivity contribution in [2.75, 3.05) is 18.1 Å². The molecule has 0 aliphatic carbocycles. The molecule has 0 amide bonds. The average molecular weight is 242 g/mol. The lowest BCUT2D eigenvalue weighted by atomic mass is 10.2. The van der Waals surface area contributed by atoms with Crippen molar-refractivity contribution in [3.8, 4) is 0 Å². The first-order valence-corrected chi connectivity index (χ1v) is 6.74. The van der Waals surface area contributed by atoms with E-state index in [1.807, 2.05) is 20.9 Å². The van der Waals surface area contributed by atoms with Gasteiger partial charge in [-0.05, 0) is 25.5 Å². The van der Waals surface area contributed by atoms with Gasteiger partial charge in [-0.3, -0.25) is 0 Å². The fourth-order valence-electron chi connectivity index (χ4n) is 1.36. The van der Waals surface area contributed by atoms with E-state index in [1.165, 1.54) is 5.56 Å². The Morgan fingerprint density at radius 1 is 1.50 bits per heavy atom. The Morgan fingerprint density at radius 2 is 2.25 bits per heavy atom. The van der Waals surface area contributed by atoms with Crippen LogP contribution in [0.15, 0.2) is 18.5 Å². The summed E-state index contributed by atoms with van der Waals surface area (Å²) in [6.45, 7) is 5.59. The molecule has 1 aromatic heterocycles. The molecule has 1 rings (SSSR count). The van der Waals surface area contributed by atoms with Crippen LogP contribution in [0.25, 0.3) is 0 Å². The van der Waals surface area contributed by atoms with E-state index in [0.717, 1.165) is 24.6 Å². The van der Waals surface area contributed by atoms with Gasteiger partial charge in [-0.25, -0.2) is 0 Å². The standard InChI is InChI=1S/C12H22N2OS/c1-12(2,15)10-16-7-5-13-8-11-4-6-14(3)9-11/h4,6,9,13,15H,5,7-8,10H2,1-3H3. The third-order valence-corrected chi connectivity index (χ3v) is 3.50. The molecule has 3 nitrogen and oxygen atoms in total. The van der Waals surface area contributed by atoms with Crippen LogP contribution in [-0.4, -0.2) is 33.3 Å². The topological polar surface area (TPSA) is 37.2 Å². The van der Waals surface area contributed by atoms with E-state index in [0.29, 0.717) is 0 Å². The van der Waals surface area contributed by atoms with Gasteiger partial charge in [-0.1, -0.05) is 0 Å². The summed E-state index contributed by atoms with van der Waals surface area (Å²) >= 11 is 1.78. The number of aromatic nitrogens is 1. The zero-order valence-corrected chi connectivity index (χ0v) is 11.2. The van der Waals surface area contributed by atoms with Gasteiger partial charge < -0.3 is 15.0 Å². The zero-order valence-electron chi connectivity index (χ0n) is 10.4. The van der Waals surface area contributed by atoms with Gasteiger partial charge in [0.15, 0.2) is 0 Å².